The summed E-state index contributed by atoms with van der Waals surface area (Å²) in [5, 5.41) is 3.49. The molecule has 6 heteroatoms. The van der Waals surface area contributed by atoms with Crippen LogP contribution in [0.1, 0.15) is 35.7 Å². The van der Waals surface area contributed by atoms with E-state index in [1.54, 1.807) is 24.5 Å². The Kier molecular flexibility index (Phi) is 4.99. The average Bonchev–Trinajstić information content (AvgIpc) is 3.12. The van der Waals surface area contributed by atoms with Crippen molar-refractivity contribution in [1.29, 1.82) is 0 Å². The number of nitrogens with zero attached hydrogens (tertiary/aromatic N) is 3. The van der Waals surface area contributed by atoms with Crippen LogP contribution in [0.5, 0.6) is 0 Å². The molecule has 0 amide bonds. The van der Waals surface area contributed by atoms with Crippen LogP contribution < -0.4 is 5.32 Å². The molecule has 0 aliphatic heterocycles. The molecule has 0 unspecified atom stereocenters. The molecule has 0 spiro atoms. The molecule has 0 aliphatic carbocycles. The predicted molar refractivity (Wildman–Crippen MR) is 114 cm³/mol. The lowest BCUT2D eigenvalue weighted by Gasteiger charge is -2.11. The van der Waals surface area contributed by atoms with Crippen molar-refractivity contribution in [3.05, 3.63) is 78.2 Å². The topological polar surface area (TPSA) is 68.5 Å². The Hall–Kier alpha value is -3.67. The number of fused-ring (bicyclic) bond motifs is 1. The summed E-state index contributed by atoms with van der Waals surface area (Å²) in [6, 6.07) is 15.6. The third kappa shape index (κ3) is 3.69. The number of hydrogen-bond donors (Lipinski definition) is 1. The zero-order valence-corrected chi connectivity index (χ0v) is 16.6. The Morgan fingerprint density at radius 2 is 1.79 bits per heavy atom. The molecule has 2 aromatic heterocycles. The molecule has 0 radical (unpaired) electrons. The molecule has 146 valence electrons. The van der Waals surface area contributed by atoms with Crippen molar-refractivity contribution in [1.82, 2.24) is 14.4 Å². The van der Waals surface area contributed by atoms with Crippen LogP contribution in [-0.2, 0) is 4.74 Å². The third-order valence-electron chi connectivity index (χ3n) is 4.85. The van der Waals surface area contributed by atoms with Gasteiger partial charge in [0, 0.05) is 23.6 Å². The standard InChI is InChI=1S/C23H22N4O2/c1-15(2)16-8-10-19(11-9-16)25-22-21(26-20-14-24-12-13-27(20)22)17-4-6-18(7-5-17)23(28)29-3/h4-15,25H,1-3H3. The third-order valence-corrected chi connectivity index (χ3v) is 4.85. The van der Waals surface area contributed by atoms with Crippen LogP contribution in [0.3, 0.4) is 0 Å². The van der Waals surface area contributed by atoms with Gasteiger partial charge >= 0.3 is 5.97 Å². The molecule has 0 saturated carbocycles. The first-order valence-corrected chi connectivity index (χ1v) is 9.44. The number of nitrogens with one attached hydrogen (secondary N) is 1. The highest BCUT2D eigenvalue weighted by Gasteiger charge is 2.15. The lowest BCUT2D eigenvalue weighted by molar-refractivity contribution is 0.0601. The van der Waals surface area contributed by atoms with E-state index in [1.807, 2.05) is 22.7 Å². The van der Waals surface area contributed by atoms with E-state index in [-0.39, 0.29) is 5.97 Å². The summed E-state index contributed by atoms with van der Waals surface area (Å²) in [6.07, 6.45) is 5.32. The Morgan fingerprint density at radius 3 is 2.45 bits per heavy atom. The first-order chi connectivity index (χ1) is 14.1. The smallest absolute Gasteiger partial charge is 0.337 e. The fraction of sp³-hybridized carbons (Fsp3) is 0.174. The average molecular weight is 386 g/mol. The Morgan fingerprint density at radius 1 is 1.07 bits per heavy atom. The number of hydrogen-bond acceptors (Lipinski definition) is 5. The van der Waals surface area contributed by atoms with E-state index >= 15 is 0 Å². The number of rotatable bonds is 5. The SMILES string of the molecule is COC(=O)c1ccc(-c2nc3cnccn3c2Nc2ccc(C(C)C)cc2)cc1. The van der Waals surface area contributed by atoms with Crippen LogP contribution >= 0.6 is 0 Å². The van der Waals surface area contributed by atoms with Crippen molar-refractivity contribution < 1.29 is 9.53 Å². The van der Waals surface area contributed by atoms with Gasteiger partial charge in [0.15, 0.2) is 5.65 Å². The van der Waals surface area contributed by atoms with Crippen molar-refractivity contribution in [2.75, 3.05) is 12.4 Å². The molecule has 29 heavy (non-hydrogen) atoms. The number of ether oxygens (including phenoxy) is 1. The summed E-state index contributed by atoms with van der Waals surface area (Å²) >= 11 is 0. The van der Waals surface area contributed by atoms with E-state index in [4.69, 9.17) is 9.72 Å². The molecule has 0 bridgehead atoms. The van der Waals surface area contributed by atoms with Crippen molar-refractivity contribution in [2.24, 2.45) is 0 Å². The molecule has 0 aliphatic rings. The van der Waals surface area contributed by atoms with Crippen LogP contribution in [0, 0.1) is 0 Å². The fourth-order valence-corrected chi connectivity index (χ4v) is 3.20. The number of anilines is 2. The van der Waals surface area contributed by atoms with E-state index in [0.29, 0.717) is 11.5 Å². The zero-order chi connectivity index (χ0) is 20.4. The lowest BCUT2D eigenvalue weighted by Crippen LogP contribution is -2.01. The van der Waals surface area contributed by atoms with Gasteiger partial charge in [0.25, 0.3) is 0 Å². The normalized spacial score (nSPS) is 11.0. The first-order valence-electron chi connectivity index (χ1n) is 9.44. The second-order valence-corrected chi connectivity index (χ2v) is 7.08. The molecule has 0 fully saturated rings. The van der Waals surface area contributed by atoms with Crippen molar-refractivity contribution >= 4 is 23.1 Å². The van der Waals surface area contributed by atoms with E-state index in [0.717, 1.165) is 28.4 Å². The zero-order valence-electron chi connectivity index (χ0n) is 16.6. The van der Waals surface area contributed by atoms with Crippen molar-refractivity contribution in [3.8, 4) is 11.3 Å². The van der Waals surface area contributed by atoms with Gasteiger partial charge in [-0.15, -0.1) is 0 Å². The summed E-state index contributed by atoms with van der Waals surface area (Å²) in [6.45, 7) is 4.35. The maximum Gasteiger partial charge on any atom is 0.337 e. The Labute approximate surface area is 169 Å². The fourth-order valence-electron chi connectivity index (χ4n) is 3.20. The van der Waals surface area contributed by atoms with Crippen LogP contribution in [0.15, 0.2) is 67.1 Å². The molecule has 4 rings (SSSR count). The monoisotopic (exact) mass is 386 g/mol. The van der Waals surface area contributed by atoms with Gasteiger partial charge < -0.3 is 10.1 Å². The molecular weight excluding hydrogens is 364 g/mol. The molecule has 2 heterocycles. The van der Waals surface area contributed by atoms with Gasteiger partial charge in [-0.25, -0.2) is 9.78 Å². The number of aromatic nitrogens is 3. The molecule has 4 aromatic rings. The second-order valence-electron chi connectivity index (χ2n) is 7.08. The minimum Gasteiger partial charge on any atom is -0.465 e. The van der Waals surface area contributed by atoms with Gasteiger partial charge in [0.1, 0.15) is 11.5 Å². The van der Waals surface area contributed by atoms with E-state index < -0.39 is 0 Å². The van der Waals surface area contributed by atoms with Gasteiger partial charge in [0.05, 0.1) is 18.9 Å². The maximum absolute atomic E-state index is 11.7. The number of carbonyl (C=O) groups excluding carboxylic acids is 1. The van der Waals surface area contributed by atoms with E-state index in [1.165, 1.54) is 12.7 Å². The van der Waals surface area contributed by atoms with Gasteiger partial charge in [-0.05, 0) is 35.7 Å². The van der Waals surface area contributed by atoms with Crippen molar-refractivity contribution in [3.63, 3.8) is 0 Å². The predicted octanol–water partition coefficient (Wildman–Crippen LogP) is 5.05. The van der Waals surface area contributed by atoms with Gasteiger partial charge in [0.2, 0.25) is 0 Å². The second kappa shape index (κ2) is 7.75. The van der Waals surface area contributed by atoms with Crippen molar-refractivity contribution in [2.45, 2.75) is 19.8 Å². The van der Waals surface area contributed by atoms with Crippen LogP contribution in [0.2, 0.25) is 0 Å². The summed E-state index contributed by atoms with van der Waals surface area (Å²) in [5.74, 6) is 0.958. The quantitative estimate of drug-likeness (QED) is 0.486. The summed E-state index contributed by atoms with van der Waals surface area (Å²) in [5.41, 5.74) is 5.17. The Balaban J connectivity index is 1.75. The van der Waals surface area contributed by atoms with Gasteiger partial charge in [-0.2, -0.15) is 0 Å². The summed E-state index contributed by atoms with van der Waals surface area (Å²) in [4.78, 5) is 20.6. The molecule has 2 aromatic carbocycles. The molecule has 1 N–H and O–H groups in total. The van der Waals surface area contributed by atoms with Gasteiger partial charge in [-0.3, -0.25) is 9.38 Å². The number of methoxy groups -OCH3 is 1. The minimum atomic E-state index is -0.362. The molecule has 0 saturated heterocycles. The highest BCUT2D eigenvalue weighted by Crippen LogP contribution is 2.31. The number of carbonyl (C=O) groups is 1. The Bertz CT molecular complexity index is 1150. The van der Waals surface area contributed by atoms with E-state index in [2.05, 4.69) is 48.4 Å². The maximum atomic E-state index is 11.7. The number of esters is 1. The summed E-state index contributed by atoms with van der Waals surface area (Å²) < 4.78 is 6.74. The summed E-state index contributed by atoms with van der Waals surface area (Å²) in [7, 11) is 1.37. The van der Waals surface area contributed by atoms with Crippen LogP contribution in [0.25, 0.3) is 16.9 Å². The number of imidazole rings is 1. The van der Waals surface area contributed by atoms with Crippen LogP contribution in [0.4, 0.5) is 11.5 Å². The minimum absolute atomic E-state index is 0.362. The van der Waals surface area contributed by atoms with Gasteiger partial charge in [-0.1, -0.05) is 38.1 Å². The lowest BCUT2D eigenvalue weighted by atomic mass is 10.0. The molecule has 6 nitrogen and oxygen atoms in total. The number of benzene rings is 2. The largest absolute Gasteiger partial charge is 0.465 e. The van der Waals surface area contributed by atoms with Crippen LogP contribution in [-0.4, -0.2) is 27.4 Å². The molecule has 0 atom stereocenters. The first kappa shape index (κ1) is 18.7. The highest BCUT2D eigenvalue weighted by atomic mass is 16.5. The molecular formula is C23H22N4O2. The highest BCUT2D eigenvalue weighted by molar-refractivity contribution is 5.90. The van der Waals surface area contributed by atoms with E-state index in [9.17, 15) is 4.79 Å².